The molecule has 0 aromatic carbocycles. The summed E-state index contributed by atoms with van der Waals surface area (Å²) >= 11 is 0. The van der Waals surface area contributed by atoms with Crippen molar-refractivity contribution in [2.75, 3.05) is 20.3 Å². The molecule has 0 amide bonds. The lowest BCUT2D eigenvalue weighted by atomic mass is 10.2. The van der Waals surface area contributed by atoms with E-state index in [-0.39, 0.29) is 18.8 Å². The standard InChI is InChI=1S/C15H26O6/c1-3-4-11-20-14(17)8-6-5-7-12-21-15(18)10-9-13(16)19-2/h3-12H2,1-2H3. The molecule has 6 heteroatoms. The summed E-state index contributed by atoms with van der Waals surface area (Å²) in [5.74, 6) is -0.994. The van der Waals surface area contributed by atoms with Gasteiger partial charge in [-0.2, -0.15) is 0 Å². The number of ether oxygens (including phenoxy) is 3. The topological polar surface area (TPSA) is 78.9 Å². The molecule has 122 valence electrons. The number of esters is 3. The molecule has 0 heterocycles. The molecule has 0 aromatic heterocycles. The van der Waals surface area contributed by atoms with Crippen LogP contribution in [0.3, 0.4) is 0 Å². The molecule has 0 saturated heterocycles. The molecule has 6 nitrogen and oxygen atoms in total. The Morgan fingerprint density at radius 3 is 1.90 bits per heavy atom. The number of unbranched alkanes of at least 4 members (excludes halogenated alkanes) is 3. The Kier molecular flexibility index (Phi) is 12.4. The van der Waals surface area contributed by atoms with Gasteiger partial charge in [0.15, 0.2) is 0 Å². The maximum Gasteiger partial charge on any atom is 0.306 e. The highest BCUT2D eigenvalue weighted by Crippen LogP contribution is 2.03. The van der Waals surface area contributed by atoms with Crippen LogP contribution in [-0.4, -0.2) is 38.2 Å². The Morgan fingerprint density at radius 2 is 1.29 bits per heavy atom. The Hall–Kier alpha value is -1.59. The van der Waals surface area contributed by atoms with Gasteiger partial charge in [-0.15, -0.1) is 0 Å². The number of carbonyl (C=O) groups is 3. The van der Waals surface area contributed by atoms with Crippen LogP contribution in [0.25, 0.3) is 0 Å². The lowest BCUT2D eigenvalue weighted by Gasteiger charge is -2.05. The normalized spacial score (nSPS) is 10.0. The third kappa shape index (κ3) is 13.2. The van der Waals surface area contributed by atoms with Crippen LogP contribution in [0.1, 0.15) is 58.3 Å². The summed E-state index contributed by atoms with van der Waals surface area (Å²) in [5.41, 5.74) is 0. The molecule has 0 atom stereocenters. The summed E-state index contributed by atoms with van der Waals surface area (Å²) in [6.07, 6.45) is 4.61. The monoisotopic (exact) mass is 302 g/mol. The van der Waals surface area contributed by atoms with Crippen molar-refractivity contribution in [2.45, 2.75) is 58.3 Å². The van der Waals surface area contributed by atoms with Gasteiger partial charge in [0.2, 0.25) is 0 Å². The third-order valence-corrected chi connectivity index (χ3v) is 2.81. The lowest BCUT2D eigenvalue weighted by Crippen LogP contribution is -2.10. The van der Waals surface area contributed by atoms with Gasteiger partial charge in [-0.25, -0.2) is 0 Å². The largest absolute Gasteiger partial charge is 0.469 e. The first-order valence-electron chi connectivity index (χ1n) is 7.48. The summed E-state index contributed by atoms with van der Waals surface area (Å²) in [6.45, 7) is 2.85. The Labute approximate surface area is 126 Å². The fourth-order valence-corrected chi connectivity index (χ4v) is 1.52. The van der Waals surface area contributed by atoms with E-state index in [1.54, 1.807) is 0 Å². The Morgan fingerprint density at radius 1 is 0.714 bits per heavy atom. The highest BCUT2D eigenvalue weighted by molar-refractivity contribution is 5.77. The second-order valence-corrected chi connectivity index (χ2v) is 4.68. The van der Waals surface area contributed by atoms with Gasteiger partial charge in [-0.3, -0.25) is 14.4 Å². The minimum atomic E-state index is -0.423. The maximum absolute atomic E-state index is 11.3. The fourth-order valence-electron chi connectivity index (χ4n) is 1.52. The molecule has 0 saturated carbocycles. The second kappa shape index (κ2) is 13.4. The number of hydrogen-bond donors (Lipinski definition) is 0. The van der Waals surface area contributed by atoms with E-state index in [1.165, 1.54) is 7.11 Å². The Bertz CT molecular complexity index is 313. The molecule has 0 spiro atoms. The van der Waals surface area contributed by atoms with Gasteiger partial charge in [0.05, 0.1) is 33.2 Å². The van der Waals surface area contributed by atoms with Crippen molar-refractivity contribution in [1.29, 1.82) is 0 Å². The number of hydrogen-bond acceptors (Lipinski definition) is 6. The van der Waals surface area contributed by atoms with Crippen LogP contribution in [0, 0.1) is 0 Å². The van der Waals surface area contributed by atoms with E-state index < -0.39 is 11.9 Å². The summed E-state index contributed by atoms with van der Waals surface area (Å²) in [6, 6.07) is 0. The average molecular weight is 302 g/mol. The van der Waals surface area contributed by atoms with Crippen LogP contribution >= 0.6 is 0 Å². The molecule has 0 aliphatic rings. The molecule has 0 unspecified atom stereocenters. The van der Waals surface area contributed by atoms with Crippen molar-refractivity contribution in [1.82, 2.24) is 0 Å². The summed E-state index contributed by atoms with van der Waals surface area (Å²) in [7, 11) is 1.28. The molecule has 0 radical (unpaired) electrons. The van der Waals surface area contributed by atoms with Gasteiger partial charge in [-0.05, 0) is 25.7 Å². The molecule has 0 aliphatic carbocycles. The molecular formula is C15H26O6. The van der Waals surface area contributed by atoms with Crippen molar-refractivity contribution in [3.63, 3.8) is 0 Å². The quantitative estimate of drug-likeness (QED) is 0.313. The van der Waals surface area contributed by atoms with Crippen molar-refractivity contribution >= 4 is 17.9 Å². The van der Waals surface area contributed by atoms with Gasteiger partial charge < -0.3 is 14.2 Å². The predicted octanol–water partition coefficient (Wildman–Crippen LogP) is 2.39. The zero-order chi connectivity index (χ0) is 15.9. The summed E-state index contributed by atoms with van der Waals surface area (Å²) in [5, 5.41) is 0. The highest BCUT2D eigenvalue weighted by Gasteiger charge is 2.07. The molecule has 0 bridgehead atoms. The number of rotatable bonds is 12. The summed E-state index contributed by atoms with van der Waals surface area (Å²) < 4.78 is 14.4. The van der Waals surface area contributed by atoms with Gasteiger partial charge in [0.25, 0.3) is 0 Å². The summed E-state index contributed by atoms with van der Waals surface area (Å²) in [4.78, 5) is 33.3. The van der Waals surface area contributed by atoms with E-state index >= 15 is 0 Å². The van der Waals surface area contributed by atoms with E-state index in [9.17, 15) is 14.4 Å². The molecule has 0 rings (SSSR count). The maximum atomic E-state index is 11.3. The molecule has 0 aromatic rings. The highest BCUT2D eigenvalue weighted by atomic mass is 16.5. The Balaban J connectivity index is 3.37. The molecule has 0 N–H and O–H groups in total. The van der Waals surface area contributed by atoms with Crippen LogP contribution in [0.5, 0.6) is 0 Å². The number of methoxy groups -OCH3 is 1. The van der Waals surface area contributed by atoms with Crippen LogP contribution in [0.4, 0.5) is 0 Å². The van der Waals surface area contributed by atoms with Crippen molar-refractivity contribution in [2.24, 2.45) is 0 Å². The number of carbonyl (C=O) groups excluding carboxylic acids is 3. The van der Waals surface area contributed by atoms with Crippen LogP contribution in [-0.2, 0) is 28.6 Å². The molecular weight excluding hydrogens is 276 g/mol. The molecule has 0 fully saturated rings. The van der Waals surface area contributed by atoms with Gasteiger partial charge >= 0.3 is 17.9 Å². The average Bonchev–Trinajstić information content (AvgIpc) is 2.48. The van der Waals surface area contributed by atoms with E-state index in [0.717, 1.165) is 25.7 Å². The van der Waals surface area contributed by atoms with E-state index in [0.29, 0.717) is 26.1 Å². The first-order chi connectivity index (χ1) is 10.1. The molecule has 21 heavy (non-hydrogen) atoms. The minimum Gasteiger partial charge on any atom is -0.469 e. The third-order valence-electron chi connectivity index (χ3n) is 2.81. The van der Waals surface area contributed by atoms with Gasteiger partial charge in [0, 0.05) is 6.42 Å². The van der Waals surface area contributed by atoms with Crippen LogP contribution < -0.4 is 0 Å². The minimum absolute atomic E-state index is 0.0381. The lowest BCUT2D eigenvalue weighted by molar-refractivity contribution is -0.149. The van der Waals surface area contributed by atoms with E-state index in [4.69, 9.17) is 9.47 Å². The predicted molar refractivity (Wildman–Crippen MR) is 76.5 cm³/mol. The zero-order valence-electron chi connectivity index (χ0n) is 13.0. The van der Waals surface area contributed by atoms with E-state index in [2.05, 4.69) is 4.74 Å². The van der Waals surface area contributed by atoms with Gasteiger partial charge in [0.1, 0.15) is 0 Å². The van der Waals surface area contributed by atoms with Crippen molar-refractivity contribution in [3.05, 3.63) is 0 Å². The smallest absolute Gasteiger partial charge is 0.306 e. The second-order valence-electron chi connectivity index (χ2n) is 4.68. The van der Waals surface area contributed by atoms with Crippen molar-refractivity contribution in [3.8, 4) is 0 Å². The fraction of sp³-hybridized carbons (Fsp3) is 0.800. The first kappa shape index (κ1) is 19.4. The van der Waals surface area contributed by atoms with E-state index in [1.807, 2.05) is 6.92 Å². The first-order valence-corrected chi connectivity index (χ1v) is 7.48. The van der Waals surface area contributed by atoms with Gasteiger partial charge in [-0.1, -0.05) is 13.3 Å². The molecule has 0 aliphatic heterocycles. The van der Waals surface area contributed by atoms with Crippen LogP contribution in [0.2, 0.25) is 0 Å². The SMILES string of the molecule is CCCCOC(=O)CCCCCOC(=O)CCC(=O)OC. The van der Waals surface area contributed by atoms with Crippen molar-refractivity contribution < 1.29 is 28.6 Å². The van der Waals surface area contributed by atoms with Crippen LogP contribution in [0.15, 0.2) is 0 Å². The zero-order valence-corrected chi connectivity index (χ0v) is 13.0.